The van der Waals surface area contributed by atoms with Crippen molar-refractivity contribution in [3.8, 4) is 0 Å². The largest absolute Gasteiger partial charge is 0.366 e. The van der Waals surface area contributed by atoms with Crippen LogP contribution in [0.15, 0.2) is 18.2 Å². The molecule has 35 heavy (non-hydrogen) atoms. The molecule has 0 spiro atoms. The molecule has 1 saturated heterocycles. The van der Waals surface area contributed by atoms with Gasteiger partial charge in [0.1, 0.15) is 0 Å². The number of hydrogen-bond acceptors (Lipinski definition) is 8. The second kappa shape index (κ2) is 10.8. The monoisotopic (exact) mass is 482 g/mol. The molecule has 0 bridgehead atoms. The van der Waals surface area contributed by atoms with Crippen molar-refractivity contribution in [2.24, 2.45) is 17.1 Å². The summed E-state index contributed by atoms with van der Waals surface area (Å²) in [5.41, 5.74) is 7.69. The van der Waals surface area contributed by atoms with Crippen molar-refractivity contribution >= 4 is 29.4 Å². The third kappa shape index (κ3) is 7.27. The Morgan fingerprint density at radius 3 is 2.51 bits per heavy atom. The fourth-order valence-corrected chi connectivity index (χ4v) is 4.35. The van der Waals surface area contributed by atoms with E-state index in [0.29, 0.717) is 35.4 Å². The molecule has 0 radical (unpaired) electrons. The Morgan fingerprint density at radius 2 is 1.89 bits per heavy atom. The first kappa shape index (κ1) is 26.7. The number of aromatic nitrogens is 3. The summed E-state index contributed by atoms with van der Waals surface area (Å²) in [4.78, 5) is 30.4. The third-order valence-electron chi connectivity index (χ3n) is 6.54. The number of primary amides is 1. The maximum Gasteiger partial charge on any atom is 0.248 e. The van der Waals surface area contributed by atoms with Gasteiger partial charge in [-0.25, -0.2) is 0 Å². The summed E-state index contributed by atoms with van der Waals surface area (Å²) in [6.07, 6.45) is 1.04. The standard InChI is InChI=1S/C26H42N8O/c1-16(2)18(4)34-12-11-20(14-34)28-23-30-24(32-25(31-23)33(8)15-26(5,6)7)29-21-13-19(22(27)35)10-9-17(21)3/h9-10,13,16,18,20H,11-12,14-15H2,1-8H3,(H2,27,35)(H2,28,29,30,31,32)/t18?,20-/m1/s1. The number of carbonyl (C=O) groups is 1. The van der Waals surface area contributed by atoms with Crippen LogP contribution in [0.25, 0.3) is 0 Å². The SMILES string of the molecule is Cc1ccc(C(N)=O)cc1Nc1nc(N[C@@H]2CCN(C(C)C(C)C)C2)nc(N(C)CC(C)(C)C)n1. The average Bonchev–Trinajstić information content (AvgIpc) is 3.21. The normalized spacial score (nSPS) is 17.5. The predicted octanol–water partition coefficient (Wildman–Crippen LogP) is 4.04. The van der Waals surface area contributed by atoms with Crippen molar-refractivity contribution in [1.82, 2.24) is 19.9 Å². The van der Waals surface area contributed by atoms with Crippen molar-refractivity contribution in [3.63, 3.8) is 0 Å². The lowest BCUT2D eigenvalue weighted by Gasteiger charge is -2.28. The Bertz CT molecular complexity index is 1030. The van der Waals surface area contributed by atoms with Gasteiger partial charge < -0.3 is 21.3 Å². The van der Waals surface area contributed by atoms with Crippen molar-refractivity contribution in [3.05, 3.63) is 29.3 Å². The minimum absolute atomic E-state index is 0.0773. The molecule has 2 atom stereocenters. The number of nitrogens with two attached hydrogens (primary N) is 1. The average molecular weight is 483 g/mol. The molecule has 2 aromatic rings. The van der Waals surface area contributed by atoms with Crippen LogP contribution in [0.2, 0.25) is 0 Å². The van der Waals surface area contributed by atoms with E-state index in [1.54, 1.807) is 12.1 Å². The van der Waals surface area contributed by atoms with E-state index in [-0.39, 0.29) is 11.5 Å². The molecule has 2 heterocycles. The molecule has 0 aliphatic carbocycles. The quantitative estimate of drug-likeness (QED) is 0.491. The fourth-order valence-electron chi connectivity index (χ4n) is 4.35. The number of rotatable bonds is 9. The van der Waals surface area contributed by atoms with Crippen molar-refractivity contribution in [1.29, 1.82) is 0 Å². The summed E-state index contributed by atoms with van der Waals surface area (Å²) in [6, 6.07) is 6.11. The number of carbonyl (C=O) groups excluding carboxylic acids is 1. The number of amides is 1. The van der Waals surface area contributed by atoms with Crippen LogP contribution in [0.5, 0.6) is 0 Å². The first-order chi connectivity index (χ1) is 16.3. The molecular formula is C26H42N8O. The molecule has 1 fully saturated rings. The summed E-state index contributed by atoms with van der Waals surface area (Å²) in [6.45, 7) is 18.1. The zero-order chi connectivity index (χ0) is 25.9. The van der Waals surface area contributed by atoms with Crippen molar-refractivity contribution in [2.75, 3.05) is 42.2 Å². The second-order valence-electron chi connectivity index (χ2n) is 11.3. The van der Waals surface area contributed by atoms with Gasteiger partial charge in [-0.05, 0) is 49.3 Å². The fraction of sp³-hybridized carbons (Fsp3) is 0.615. The van der Waals surface area contributed by atoms with Gasteiger partial charge in [0, 0.05) is 50.0 Å². The highest BCUT2D eigenvalue weighted by Gasteiger charge is 2.28. The summed E-state index contributed by atoms with van der Waals surface area (Å²) >= 11 is 0. The first-order valence-electron chi connectivity index (χ1n) is 12.5. The van der Waals surface area contributed by atoms with Crippen LogP contribution >= 0.6 is 0 Å². The molecule has 1 amide bonds. The van der Waals surface area contributed by atoms with E-state index in [2.05, 4.69) is 62.1 Å². The minimum atomic E-state index is -0.474. The molecule has 1 aliphatic rings. The minimum Gasteiger partial charge on any atom is -0.366 e. The maximum atomic E-state index is 11.7. The zero-order valence-electron chi connectivity index (χ0n) is 22.5. The van der Waals surface area contributed by atoms with Gasteiger partial charge in [0.2, 0.25) is 23.8 Å². The molecule has 0 saturated carbocycles. The van der Waals surface area contributed by atoms with Crippen LogP contribution in [0, 0.1) is 18.3 Å². The Hall–Kier alpha value is -2.94. The topological polar surface area (TPSA) is 112 Å². The van der Waals surface area contributed by atoms with Gasteiger partial charge in [0.05, 0.1) is 0 Å². The van der Waals surface area contributed by atoms with E-state index in [1.807, 2.05) is 24.9 Å². The van der Waals surface area contributed by atoms with Crippen LogP contribution in [0.1, 0.15) is 63.9 Å². The van der Waals surface area contributed by atoms with E-state index in [1.165, 1.54) is 0 Å². The van der Waals surface area contributed by atoms with Crippen molar-refractivity contribution < 1.29 is 4.79 Å². The number of nitrogens with one attached hydrogen (secondary N) is 2. The summed E-state index contributed by atoms with van der Waals surface area (Å²) in [7, 11) is 1.99. The molecule has 3 rings (SSSR count). The second-order valence-corrected chi connectivity index (χ2v) is 11.3. The maximum absolute atomic E-state index is 11.7. The van der Waals surface area contributed by atoms with Gasteiger partial charge in [0.15, 0.2) is 0 Å². The lowest BCUT2D eigenvalue weighted by molar-refractivity contribution is 0.100. The highest BCUT2D eigenvalue weighted by atomic mass is 16.1. The number of nitrogens with zero attached hydrogens (tertiary/aromatic N) is 5. The Balaban J connectivity index is 1.88. The van der Waals surface area contributed by atoms with E-state index in [9.17, 15) is 4.79 Å². The number of benzene rings is 1. The summed E-state index contributed by atoms with van der Waals surface area (Å²) < 4.78 is 0. The molecule has 1 aromatic heterocycles. The van der Waals surface area contributed by atoms with E-state index >= 15 is 0 Å². The molecule has 1 aromatic carbocycles. The number of anilines is 4. The molecule has 9 nitrogen and oxygen atoms in total. The summed E-state index contributed by atoms with van der Waals surface area (Å²) in [5, 5.41) is 6.83. The molecular weight excluding hydrogens is 440 g/mol. The van der Waals surface area contributed by atoms with Crippen LogP contribution in [-0.4, -0.2) is 64.5 Å². The number of likely N-dealkylation sites (tertiary alicyclic amines) is 1. The Labute approximate surface area is 209 Å². The van der Waals surface area contributed by atoms with Crippen LogP contribution < -0.4 is 21.3 Å². The first-order valence-corrected chi connectivity index (χ1v) is 12.5. The van der Waals surface area contributed by atoms with Gasteiger partial charge in [0.25, 0.3) is 0 Å². The van der Waals surface area contributed by atoms with Crippen molar-refractivity contribution in [2.45, 2.75) is 67.0 Å². The molecule has 192 valence electrons. The lowest BCUT2D eigenvalue weighted by Crippen LogP contribution is -2.36. The van der Waals surface area contributed by atoms with Crippen LogP contribution in [0.4, 0.5) is 23.5 Å². The van der Waals surface area contributed by atoms with Gasteiger partial charge in [-0.15, -0.1) is 0 Å². The summed E-state index contributed by atoms with van der Waals surface area (Å²) in [5.74, 6) is 1.70. The molecule has 4 N–H and O–H groups in total. The van der Waals surface area contributed by atoms with E-state index in [4.69, 9.17) is 15.7 Å². The zero-order valence-corrected chi connectivity index (χ0v) is 22.5. The van der Waals surface area contributed by atoms with E-state index < -0.39 is 5.91 Å². The highest BCUT2D eigenvalue weighted by molar-refractivity contribution is 5.94. The predicted molar refractivity (Wildman–Crippen MR) is 143 cm³/mol. The van der Waals surface area contributed by atoms with Gasteiger partial charge in [-0.2, -0.15) is 15.0 Å². The van der Waals surface area contributed by atoms with E-state index in [0.717, 1.165) is 37.3 Å². The van der Waals surface area contributed by atoms with Crippen LogP contribution in [-0.2, 0) is 0 Å². The van der Waals surface area contributed by atoms with Gasteiger partial charge >= 0.3 is 0 Å². The van der Waals surface area contributed by atoms with Gasteiger partial charge in [-0.1, -0.05) is 40.7 Å². The molecule has 1 aliphatic heterocycles. The highest BCUT2D eigenvalue weighted by Crippen LogP contribution is 2.25. The number of hydrogen-bond donors (Lipinski definition) is 3. The Morgan fingerprint density at radius 1 is 1.20 bits per heavy atom. The Kier molecular flexibility index (Phi) is 8.20. The third-order valence-corrected chi connectivity index (χ3v) is 6.54. The smallest absolute Gasteiger partial charge is 0.248 e. The number of aryl methyl sites for hydroxylation is 1. The lowest BCUT2D eigenvalue weighted by atomic mass is 9.96. The van der Waals surface area contributed by atoms with Gasteiger partial charge in [-0.3, -0.25) is 9.69 Å². The molecule has 9 heteroatoms. The van der Waals surface area contributed by atoms with Crippen LogP contribution in [0.3, 0.4) is 0 Å². The molecule has 1 unspecified atom stereocenters.